The molecule has 3 aromatic rings. The summed E-state index contributed by atoms with van der Waals surface area (Å²) in [5.41, 5.74) is 9.20. The van der Waals surface area contributed by atoms with Gasteiger partial charge in [0.2, 0.25) is 0 Å². The number of nitriles is 1. The van der Waals surface area contributed by atoms with Gasteiger partial charge in [-0.2, -0.15) is 5.26 Å². The van der Waals surface area contributed by atoms with E-state index in [4.69, 9.17) is 11.6 Å². The minimum atomic E-state index is -1.50. The van der Waals surface area contributed by atoms with E-state index in [1.165, 1.54) is 18.3 Å². The molecule has 1 aliphatic heterocycles. The molecule has 0 radical (unpaired) electrons. The molecule has 186 valence electrons. The Morgan fingerprint density at radius 3 is 2.75 bits per heavy atom. The van der Waals surface area contributed by atoms with Gasteiger partial charge < -0.3 is 16.1 Å². The molecule has 2 aliphatic rings. The van der Waals surface area contributed by atoms with E-state index in [0.717, 1.165) is 19.3 Å². The number of rotatable bonds is 8. The van der Waals surface area contributed by atoms with Gasteiger partial charge in [-0.25, -0.2) is 4.39 Å². The molecule has 5 rings (SSSR count). The second-order valence-corrected chi connectivity index (χ2v) is 10.2. The van der Waals surface area contributed by atoms with Crippen molar-refractivity contribution in [2.75, 3.05) is 10.6 Å². The van der Waals surface area contributed by atoms with E-state index in [2.05, 4.69) is 53.4 Å². The van der Waals surface area contributed by atoms with Crippen LogP contribution in [0.15, 0.2) is 54.5 Å². The van der Waals surface area contributed by atoms with Crippen molar-refractivity contribution in [1.29, 1.82) is 5.26 Å². The van der Waals surface area contributed by atoms with Crippen LogP contribution in [0.4, 0.5) is 15.8 Å². The molecule has 4 N–H and O–H groups in total. The Morgan fingerprint density at radius 1 is 1.33 bits per heavy atom. The maximum absolute atomic E-state index is 13.8. The summed E-state index contributed by atoms with van der Waals surface area (Å²) in [5, 5.41) is 19.6. The standard InChI is InChI=1S/C27H29ClFN7/c1-4-27(2,3)33-24-17(13-30)14-31-26-21(24)11-19(12-22(26)28)32-25(16-5-7-18(29)8-6-16)23-15-36(35-34-23)20-9-10-20/h5-8,11-12,14-15,20,25,32,34-35H,4,9-10H2,1-3H3,(H,31,33)/t25-/m1/s1/i25D. The van der Waals surface area contributed by atoms with Crippen molar-refractivity contribution in [3.05, 3.63) is 76.5 Å². The minimum absolute atomic E-state index is 0.278. The van der Waals surface area contributed by atoms with Gasteiger partial charge in [0, 0.05) is 35.1 Å². The van der Waals surface area contributed by atoms with E-state index in [9.17, 15) is 11.0 Å². The Hall–Kier alpha value is -3.54. The summed E-state index contributed by atoms with van der Waals surface area (Å²) in [4.78, 5) is 4.44. The Morgan fingerprint density at radius 2 is 2.08 bits per heavy atom. The van der Waals surface area contributed by atoms with E-state index in [-0.39, 0.29) is 11.4 Å². The summed E-state index contributed by atoms with van der Waals surface area (Å²) in [6.45, 7) is 6.19. The molecule has 7 nitrogen and oxygen atoms in total. The SMILES string of the molecule is [2H][C@](Nc1cc(Cl)c2ncc(C#N)c(NC(C)(C)CC)c2c1)(C1=CN(C2CC2)NN1)c1ccc(F)cc1. The number of nitrogens with zero attached hydrogens (tertiary/aromatic N) is 3. The smallest absolute Gasteiger partial charge is 0.123 e. The molecule has 2 heterocycles. The molecule has 0 spiro atoms. The predicted octanol–water partition coefficient (Wildman–Crippen LogP) is 5.98. The van der Waals surface area contributed by atoms with Crippen molar-refractivity contribution >= 4 is 33.9 Å². The summed E-state index contributed by atoms with van der Waals surface area (Å²) in [5.74, 6) is -0.379. The zero-order chi connectivity index (χ0) is 26.4. The van der Waals surface area contributed by atoms with Gasteiger partial charge >= 0.3 is 0 Å². The van der Waals surface area contributed by atoms with Gasteiger partial charge in [0.15, 0.2) is 0 Å². The molecule has 0 unspecified atom stereocenters. The van der Waals surface area contributed by atoms with E-state index in [1.807, 2.05) is 17.3 Å². The monoisotopic (exact) mass is 506 g/mol. The zero-order valence-electron chi connectivity index (χ0n) is 21.4. The first-order chi connectivity index (χ1) is 17.6. The van der Waals surface area contributed by atoms with Crippen LogP contribution in [0.25, 0.3) is 10.9 Å². The molecule has 0 saturated heterocycles. The molecule has 0 amide bonds. The number of pyridine rings is 1. The number of benzene rings is 2. The fourth-order valence-corrected chi connectivity index (χ4v) is 4.31. The first kappa shape index (κ1) is 22.9. The summed E-state index contributed by atoms with van der Waals surface area (Å²) in [6, 6.07) is 10.5. The molecule has 1 saturated carbocycles. The van der Waals surface area contributed by atoms with E-state index in [0.29, 0.717) is 50.2 Å². The van der Waals surface area contributed by atoms with Gasteiger partial charge in [0.1, 0.15) is 11.9 Å². The molecular formula is C27H29ClFN7. The van der Waals surface area contributed by atoms with Crippen LogP contribution in [0.1, 0.15) is 58.5 Å². The number of fused-ring (bicyclic) bond motifs is 1. The van der Waals surface area contributed by atoms with Crippen LogP contribution in [0.5, 0.6) is 0 Å². The van der Waals surface area contributed by atoms with Crippen molar-refractivity contribution in [3.8, 4) is 6.07 Å². The van der Waals surface area contributed by atoms with Gasteiger partial charge in [-0.05, 0) is 62.9 Å². The van der Waals surface area contributed by atoms with Gasteiger partial charge in [-0.3, -0.25) is 9.99 Å². The number of anilines is 2. The van der Waals surface area contributed by atoms with Crippen LogP contribution in [-0.4, -0.2) is 21.6 Å². The highest BCUT2D eigenvalue weighted by molar-refractivity contribution is 6.35. The molecule has 1 fully saturated rings. The number of halogens is 2. The van der Waals surface area contributed by atoms with Gasteiger partial charge in [-0.15, -0.1) is 5.53 Å². The fourth-order valence-electron chi connectivity index (χ4n) is 4.04. The first-order valence-electron chi connectivity index (χ1n) is 12.5. The van der Waals surface area contributed by atoms with Crippen LogP contribution in [0.3, 0.4) is 0 Å². The predicted molar refractivity (Wildman–Crippen MR) is 141 cm³/mol. The van der Waals surface area contributed by atoms with Crippen molar-refractivity contribution in [2.24, 2.45) is 0 Å². The summed E-state index contributed by atoms with van der Waals surface area (Å²) >= 11 is 6.69. The summed E-state index contributed by atoms with van der Waals surface area (Å²) < 4.78 is 23.3. The van der Waals surface area contributed by atoms with Crippen LogP contribution in [0, 0.1) is 17.1 Å². The third kappa shape index (κ3) is 4.90. The Bertz CT molecular complexity index is 1420. The molecule has 0 bridgehead atoms. The number of hydrogen-bond donors (Lipinski definition) is 4. The summed E-state index contributed by atoms with van der Waals surface area (Å²) in [6.07, 6.45) is 6.37. The third-order valence-electron chi connectivity index (χ3n) is 6.59. The average molecular weight is 507 g/mol. The highest BCUT2D eigenvalue weighted by Gasteiger charge is 2.32. The lowest BCUT2D eigenvalue weighted by Crippen LogP contribution is -2.38. The van der Waals surface area contributed by atoms with Crippen molar-refractivity contribution in [2.45, 2.75) is 57.6 Å². The summed E-state index contributed by atoms with van der Waals surface area (Å²) in [7, 11) is 0. The first-order valence-corrected chi connectivity index (χ1v) is 12.4. The Balaban J connectivity index is 1.62. The highest BCUT2D eigenvalue weighted by Crippen LogP contribution is 2.37. The number of hydrogen-bond acceptors (Lipinski definition) is 7. The van der Waals surface area contributed by atoms with Crippen LogP contribution < -0.4 is 21.6 Å². The molecule has 2 aromatic carbocycles. The molecule has 36 heavy (non-hydrogen) atoms. The van der Waals surface area contributed by atoms with E-state index >= 15 is 0 Å². The van der Waals surface area contributed by atoms with Crippen molar-refractivity contribution in [1.82, 2.24) is 21.0 Å². The van der Waals surface area contributed by atoms with Gasteiger partial charge in [0.25, 0.3) is 0 Å². The van der Waals surface area contributed by atoms with Crippen LogP contribution in [-0.2, 0) is 0 Å². The van der Waals surface area contributed by atoms with Crippen LogP contribution >= 0.6 is 11.6 Å². The van der Waals surface area contributed by atoms with Crippen molar-refractivity contribution in [3.63, 3.8) is 0 Å². The fraction of sp³-hybridized carbons (Fsp3) is 0.333. The second-order valence-electron chi connectivity index (χ2n) is 9.80. The quantitative estimate of drug-likeness (QED) is 0.299. The average Bonchev–Trinajstić information content (AvgIpc) is 3.60. The molecule has 1 atom stereocenters. The number of aromatic nitrogens is 1. The number of hydrazine groups is 2. The number of nitrogens with one attached hydrogen (secondary N) is 4. The largest absolute Gasteiger partial charge is 0.379 e. The Labute approximate surface area is 216 Å². The highest BCUT2D eigenvalue weighted by atomic mass is 35.5. The molecular weight excluding hydrogens is 477 g/mol. The van der Waals surface area contributed by atoms with Crippen molar-refractivity contribution < 1.29 is 5.76 Å². The lowest BCUT2D eigenvalue weighted by molar-refractivity contribution is 0.260. The zero-order valence-corrected chi connectivity index (χ0v) is 21.2. The van der Waals surface area contributed by atoms with E-state index < -0.39 is 6.02 Å². The van der Waals surface area contributed by atoms with Crippen LogP contribution in [0.2, 0.25) is 5.02 Å². The lowest BCUT2D eigenvalue weighted by atomic mass is 9.99. The lowest BCUT2D eigenvalue weighted by Gasteiger charge is -2.28. The maximum atomic E-state index is 13.8. The molecule has 1 aliphatic carbocycles. The van der Waals surface area contributed by atoms with E-state index in [1.54, 1.807) is 18.2 Å². The Kier molecular flexibility index (Phi) is 6.04. The topological polar surface area (TPSA) is 88.0 Å². The maximum Gasteiger partial charge on any atom is 0.123 e. The molecule has 1 aromatic heterocycles. The van der Waals surface area contributed by atoms with Gasteiger partial charge in [-0.1, -0.05) is 30.7 Å². The third-order valence-corrected chi connectivity index (χ3v) is 6.88. The minimum Gasteiger partial charge on any atom is -0.379 e. The second kappa shape index (κ2) is 9.49. The molecule has 9 heteroatoms. The normalized spacial score (nSPS) is 17.6. The van der Waals surface area contributed by atoms with Gasteiger partial charge in [0.05, 0.1) is 34.9 Å².